The van der Waals surface area contributed by atoms with Gasteiger partial charge in [0.05, 0.1) is 20.4 Å². The van der Waals surface area contributed by atoms with E-state index in [0.717, 1.165) is 25.2 Å². The van der Waals surface area contributed by atoms with Crippen molar-refractivity contribution >= 4 is 11.8 Å². The zero-order chi connectivity index (χ0) is 12.3. The van der Waals surface area contributed by atoms with Crippen molar-refractivity contribution in [2.24, 2.45) is 0 Å². The Morgan fingerprint density at radius 1 is 1.47 bits per heavy atom. The predicted octanol–water partition coefficient (Wildman–Crippen LogP) is 1.23. The first-order valence-corrected chi connectivity index (χ1v) is 5.60. The van der Waals surface area contributed by atoms with Gasteiger partial charge in [-0.1, -0.05) is 0 Å². The van der Waals surface area contributed by atoms with Gasteiger partial charge in [0.25, 0.3) is 0 Å². The van der Waals surface area contributed by atoms with Gasteiger partial charge in [0.15, 0.2) is 0 Å². The first kappa shape index (κ1) is 11.7. The number of ether oxygens (including phenoxy) is 2. The SMILES string of the molecule is COC(=O)C1CCCN1c1ccc(OC)cn1. The van der Waals surface area contributed by atoms with Gasteiger partial charge in [0.2, 0.25) is 0 Å². The molecule has 1 saturated heterocycles. The summed E-state index contributed by atoms with van der Waals surface area (Å²) in [7, 11) is 3.02. The fourth-order valence-electron chi connectivity index (χ4n) is 2.09. The highest BCUT2D eigenvalue weighted by molar-refractivity contribution is 5.80. The van der Waals surface area contributed by atoms with E-state index in [1.165, 1.54) is 7.11 Å². The quantitative estimate of drug-likeness (QED) is 0.739. The van der Waals surface area contributed by atoms with Crippen LogP contribution < -0.4 is 9.64 Å². The van der Waals surface area contributed by atoms with Crippen LogP contribution in [0, 0.1) is 0 Å². The van der Waals surface area contributed by atoms with Crippen molar-refractivity contribution < 1.29 is 14.3 Å². The second-order valence-electron chi connectivity index (χ2n) is 3.93. The third kappa shape index (κ3) is 2.33. The van der Waals surface area contributed by atoms with Crippen molar-refractivity contribution in [1.82, 2.24) is 4.98 Å². The number of nitrogens with zero attached hydrogens (tertiary/aromatic N) is 2. The third-order valence-electron chi connectivity index (χ3n) is 2.98. The number of aromatic nitrogens is 1. The van der Waals surface area contributed by atoms with E-state index in [-0.39, 0.29) is 12.0 Å². The second-order valence-corrected chi connectivity index (χ2v) is 3.93. The topological polar surface area (TPSA) is 51.7 Å². The molecule has 0 saturated carbocycles. The first-order chi connectivity index (χ1) is 8.26. The summed E-state index contributed by atoms with van der Waals surface area (Å²) >= 11 is 0. The molecule has 0 spiro atoms. The number of hydrogen-bond acceptors (Lipinski definition) is 5. The first-order valence-electron chi connectivity index (χ1n) is 5.60. The minimum absolute atomic E-state index is 0.194. The molecule has 2 heterocycles. The fourth-order valence-corrected chi connectivity index (χ4v) is 2.09. The maximum absolute atomic E-state index is 11.6. The molecule has 1 atom stereocenters. The van der Waals surface area contributed by atoms with Gasteiger partial charge >= 0.3 is 5.97 Å². The number of pyridine rings is 1. The van der Waals surface area contributed by atoms with Crippen LogP contribution in [0.4, 0.5) is 5.82 Å². The van der Waals surface area contributed by atoms with Crippen LogP contribution in [-0.2, 0) is 9.53 Å². The van der Waals surface area contributed by atoms with Crippen LogP contribution in [0.15, 0.2) is 18.3 Å². The molecule has 2 rings (SSSR count). The summed E-state index contributed by atoms with van der Waals surface area (Å²) in [5.41, 5.74) is 0. The normalized spacial score (nSPS) is 19.2. The van der Waals surface area contributed by atoms with Crippen molar-refractivity contribution in [1.29, 1.82) is 0 Å². The lowest BCUT2D eigenvalue weighted by Crippen LogP contribution is -2.37. The average Bonchev–Trinajstić information content (AvgIpc) is 2.87. The molecule has 1 aromatic rings. The van der Waals surface area contributed by atoms with Gasteiger partial charge in [-0.15, -0.1) is 0 Å². The summed E-state index contributed by atoms with van der Waals surface area (Å²) in [4.78, 5) is 17.9. The number of methoxy groups -OCH3 is 2. The van der Waals surface area contributed by atoms with Crippen molar-refractivity contribution in [2.45, 2.75) is 18.9 Å². The van der Waals surface area contributed by atoms with E-state index < -0.39 is 0 Å². The van der Waals surface area contributed by atoms with Crippen LogP contribution in [-0.4, -0.2) is 37.8 Å². The molecular formula is C12H16N2O3. The van der Waals surface area contributed by atoms with Gasteiger partial charge in [0.1, 0.15) is 17.6 Å². The highest BCUT2D eigenvalue weighted by atomic mass is 16.5. The van der Waals surface area contributed by atoms with Crippen LogP contribution in [0.1, 0.15) is 12.8 Å². The molecule has 1 aromatic heterocycles. The molecule has 1 aliphatic heterocycles. The Morgan fingerprint density at radius 3 is 2.88 bits per heavy atom. The molecule has 0 amide bonds. The van der Waals surface area contributed by atoms with Gasteiger partial charge < -0.3 is 14.4 Å². The predicted molar refractivity (Wildman–Crippen MR) is 63.2 cm³/mol. The van der Waals surface area contributed by atoms with Crippen LogP contribution in [0.3, 0.4) is 0 Å². The van der Waals surface area contributed by atoms with E-state index in [4.69, 9.17) is 9.47 Å². The smallest absolute Gasteiger partial charge is 0.328 e. The van der Waals surface area contributed by atoms with Gasteiger partial charge in [-0.25, -0.2) is 9.78 Å². The number of carbonyl (C=O) groups is 1. The Hall–Kier alpha value is -1.78. The molecule has 5 nitrogen and oxygen atoms in total. The number of hydrogen-bond donors (Lipinski definition) is 0. The van der Waals surface area contributed by atoms with E-state index in [1.54, 1.807) is 13.3 Å². The average molecular weight is 236 g/mol. The minimum Gasteiger partial charge on any atom is -0.495 e. The number of anilines is 1. The zero-order valence-electron chi connectivity index (χ0n) is 10.0. The summed E-state index contributed by atoms with van der Waals surface area (Å²) in [6.07, 6.45) is 3.45. The standard InChI is InChI=1S/C12H16N2O3/c1-16-9-5-6-11(13-8-9)14-7-3-4-10(14)12(15)17-2/h5-6,8,10H,3-4,7H2,1-2H3. The summed E-state index contributed by atoms with van der Waals surface area (Å²) in [6.45, 7) is 0.832. The molecule has 0 radical (unpaired) electrons. The third-order valence-corrected chi connectivity index (χ3v) is 2.98. The second kappa shape index (κ2) is 5.03. The summed E-state index contributed by atoms with van der Waals surface area (Å²) in [5.74, 6) is 1.31. The Morgan fingerprint density at radius 2 is 2.29 bits per heavy atom. The van der Waals surface area contributed by atoms with E-state index in [9.17, 15) is 4.79 Å². The lowest BCUT2D eigenvalue weighted by atomic mass is 10.2. The van der Waals surface area contributed by atoms with E-state index in [2.05, 4.69) is 4.98 Å². The maximum Gasteiger partial charge on any atom is 0.328 e. The number of carbonyl (C=O) groups excluding carboxylic acids is 1. The highest BCUT2D eigenvalue weighted by Gasteiger charge is 2.32. The van der Waals surface area contributed by atoms with E-state index >= 15 is 0 Å². The van der Waals surface area contributed by atoms with E-state index in [0.29, 0.717) is 5.75 Å². The molecule has 0 bridgehead atoms. The molecule has 5 heteroatoms. The molecule has 1 aliphatic rings. The van der Waals surface area contributed by atoms with Crippen molar-refractivity contribution in [3.05, 3.63) is 18.3 Å². The highest BCUT2D eigenvalue weighted by Crippen LogP contribution is 2.25. The maximum atomic E-state index is 11.6. The Bertz CT molecular complexity index is 391. The molecule has 0 N–H and O–H groups in total. The molecular weight excluding hydrogens is 220 g/mol. The molecule has 1 fully saturated rings. The zero-order valence-corrected chi connectivity index (χ0v) is 10.0. The Kier molecular flexibility index (Phi) is 3.46. The molecule has 1 unspecified atom stereocenters. The summed E-state index contributed by atoms with van der Waals surface area (Å²) in [5, 5.41) is 0. The van der Waals surface area contributed by atoms with Gasteiger partial charge in [-0.05, 0) is 25.0 Å². The number of rotatable bonds is 3. The lowest BCUT2D eigenvalue weighted by molar-refractivity contribution is -0.141. The van der Waals surface area contributed by atoms with Crippen molar-refractivity contribution in [3.8, 4) is 5.75 Å². The van der Waals surface area contributed by atoms with Crippen molar-refractivity contribution in [2.75, 3.05) is 25.7 Å². The molecule has 0 aliphatic carbocycles. The van der Waals surface area contributed by atoms with Crippen LogP contribution in [0.5, 0.6) is 5.75 Å². The molecule has 17 heavy (non-hydrogen) atoms. The Labute approximate surface area is 100 Å². The Balaban J connectivity index is 2.17. The minimum atomic E-state index is -0.208. The summed E-state index contributed by atoms with van der Waals surface area (Å²) < 4.78 is 9.85. The van der Waals surface area contributed by atoms with E-state index in [1.807, 2.05) is 17.0 Å². The number of esters is 1. The van der Waals surface area contributed by atoms with Crippen LogP contribution >= 0.6 is 0 Å². The van der Waals surface area contributed by atoms with Gasteiger partial charge in [-0.3, -0.25) is 0 Å². The van der Waals surface area contributed by atoms with Crippen LogP contribution in [0.2, 0.25) is 0 Å². The van der Waals surface area contributed by atoms with Crippen LogP contribution in [0.25, 0.3) is 0 Å². The van der Waals surface area contributed by atoms with Crippen molar-refractivity contribution in [3.63, 3.8) is 0 Å². The molecule has 92 valence electrons. The lowest BCUT2D eigenvalue weighted by Gasteiger charge is -2.23. The molecule has 0 aromatic carbocycles. The van der Waals surface area contributed by atoms with Gasteiger partial charge in [-0.2, -0.15) is 0 Å². The monoisotopic (exact) mass is 236 g/mol. The fraction of sp³-hybridized carbons (Fsp3) is 0.500. The summed E-state index contributed by atoms with van der Waals surface area (Å²) in [6, 6.07) is 3.50. The largest absolute Gasteiger partial charge is 0.495 e. The van der Waals surface area contributed by atoms with Gasteiger partial charge in [0, 0.05) is 6.54 Å².